The second kappa shape index (κ2) is 6.10. The van der Waals surface area contributed by atoms with Crippen molar-refractivity contribution in [3.63, 3.8) is 0 Å². The van der Waals surface area contributed by atoms with Gasteiger partial charge in [0.25, 0.3) is 0 Å². The van der Waals surface area contributed by atoms with Crippen molar-refractivity contribution in [3.8, 4) is 0 Å². The monoisotopic (exact) mass is 168 g/mol. The van der Waals surface area contributed by atoms with Gasteiger partial charge in [-0.05, 0) is 25.3 Å². The third-order valence-corrected chi connectivity index (χ3v) is 2.28. The van der Waals surface area contributed by atoms with Gasteiger partial charge in [-0.1, -0.05) is 26.2 Å². The van der Waals surface area contributed by atoms with Crippen molar-refractivity contribution >= 4 is 0 Å². The van der Waals surface area contributed by atoms with Crippen LogP contribution in [-0.2, 0) is 4.74 Å². The summed E-state index contributed by atoms with van der Waals surface area (Å²) in [5.74, 6) is 1.25. The Hall–Kier alpha value is -0.460. The number of hydrogen-bond acceptors (Lipinski definition) is 1. The molecule has 1 rings (SSSR count). The predicted molar refractivity (Wildman–Crippen MR) is 52.0 cm³/mol. The molecule has 0 spiro atoms. The number of hydrogen-bond donors (Lipinski definition) is 0. The molecule has 0 bridgehead atoms. The van der Waals surface area contributed by atoms with E-state index in [2.05, 4.69) is 13.0 Å². The first-order chi connectivity index (χ1) is 5.93. The van der Waals surface area contributed by atoms with Crippen molar-refractivity contribution in [1.29, 1.82) is 0 Å². The van der Waals surface area contributed by atoms with Crippen LogP contribution in [0.25, 0.3) is 0 Å². The van der Waals surface area contributed by atoms with E-state index in [1.54, 1.807) is 0 Å². The highest BCUT2D eigenvalue weighted by atomic mass is 16.5. The molecule has 0 N–H and O–H groups in total. The molecular formula is C11H20O. The van der Waals surface area contributed by atoms with Crippen LogP contribution in [0.5, 0.6) is 0 Å². The van der Waals surface area contributed by atoms with Gasteiger partial charge in [0.05, 0.1) is 12.4 Å². The van der Waals surface area contributed by atoms with E-state index in [0.29, 0.717) is 0 Å². The Morgan fingerprint density at radius 3 is 2.92 bits per heavy atom. The molecule has 70 valence electrons. The fourth-order valence-corrected chi connectivity index (χ4v) is 1.51. The normalized spacial score (nSPS) is 16.9. The Labute approximate surface area is 75.8 Å². The summed E-state index contributed by atoms with van der Waals surface area (Å²) in [4.78, 5) is 0. The summed E-state index contributed by atoms with van der Waals surface area (Å²) in [5, 5.41) is 0. The summed E-state index contributed by atoms with van der Waals surface area (Å²) in [7, 11) is 0. The summed E-state index contributed by atoms with van der Waals surface area (Å²) >= 11 is 0. The zero-order valence-electron chi connectivity index (χ0n) is 8.14. The molecule has 0 aliphatic carbocycles. The molecule has 0 aromatic heterocycles. The molecule has 0 saturated heterocycles. The maximum Gasteiger partial charge on any atom is 0.0919 e. The van der Waals surface area contributed by atoms with Gasteiger partial charge >= 0.3 is 0 Å². The van der Waals surface area contributed by atoms with Crippen molar-refractivity contribution in [2.75, 3.05) is 6.61 Å². The van der Waals surface area contributed by atoms with Crippen LogP contribution in [0.2, 0.25) is 0 Å². The van der Waals surface area contributed by atoms with E-state index in [-0.39, 0.29) is 0 Å². The standard InChI is InChI=1S/C11H20O/c1-2-3-4-5-8-11-9-6-7-10-12-11/h9H,2-8,10H2,1H3. The Morgan fingerprint density at radius 2 is 2.25 bits per heavy atom. The largest absolute Gasteiger partial charge is 0.498 e. The van der Waals surface area contributed by atoms with Gasteiger partial charge in [-0.2, -0.15) is 0 Å². The van der Waals surface area contributed by atoms with Crippen molar-refractivity contribution in [1.82, 2.24) is 0 Å². The maximum absolute atomic E-state index is 5.52. The van der Waals surface area contributed by atoms with Gasteiger partial charge in [0, 0.05) is 6.42 Å². The summed E-state index contributed by atoms with van der Waals surface area (Å²) in [6.45, 7) is 3.19. The minimum absolute atomic E-state index is 0.944. The molecule has 0 amide bonds. The highest BCUT2D eigenvalue weighted by molar-refractivity contribution is 4.95. The molecule has 0 saturated carbocycles. The van der Waals surface area contributed by atoms with Crippen molar-refractivity contribution in [2.24, 2.45) is 0 Å². The molecule has 0 radical (unpaired) electrons. The lowest BCUT2D eigenvalue weighted by atomic mass is 10.1. The van der Waals surface area contributed by atoms with Gasteiger partial charge < -0.3 is 4.74 Å². The highest BCUT2D eigenvalue weighted by Crippen LogP contribution is 2.16. The molecular weight excluding hydrogens is 148 g/mol. The van der Waals surface area contributed by atoms with E-state index in [1.807, 2.05) is 0 Å². The first-order valence-electron chi connectivity index (χ1n) is 5.25. The highest BCUT2D eigenvalue weighted by Gasteiger charge is 2.02. The zero-order chi connectivity index (χ0) is 8.65. The number of rotatable bonds is 5. The van der Waals surface area contributed by atoms with E-state index in [0.717, 1.165) is 6.61 Å². The van der Waals surface area contributed by atoms with Gasteiger partial charge in [-0.25, -0.2) is 0 Å². The first kappa shape index (κ1) is 9.63. The van der Waals surface area contributed by atoms with Gasteiger partial charge in [0.2, 0.25) is 0 Å². The minimum atomic E-state index is 0.944. The van der Waals surface area contributed by atoms with Crippen LogP contribution in [0.4, 0.5) is 0 Å². The van der Waals surface area contributed by atoms with E-state index >= 15 is 0 Å². The van der Waals surface area contributed by atoms with Gasteiger partial charge in [-0.3, -0.25) is 0 Å². The van der Waals surface area contributed by atoms with Gasteiger partial charge in [0.15, 0.2) is 0 Å². The SMILES string of the molecule is CCCCCCC1=CCCCO1. The number of unbranched alkanes of at least 4 members (excludes halogenated alkanes) is 3. The summed E-state index contributed by atoms with van der Waals surface area (Å²) in [5.41, 5.74) is 0. The Bertz CT molecular complexity index is 138. The third kappa shape index (κ3) is 3.80. The lowest BCUT2D eigenvalue weighted by Gasteiger charge is -2.14. The van der Waals surface area contributed by atoms with Gasteiger partial charge in [-0.15, -0.1) is 0 Å². The molecule has 0 unspecified atom stereocenters. The first-order valence-corrected chi connectivity index (χ1v) is 5.25. The van der Waals surface area contributed by atoms with Gasteiger partial charge in [0.1, 0.15) is 0 Å². The molecule has 1 nitrogen and oxygen atoms in total. The number of ether oxygens (including phenoxy) is 1. The smallest absolute Gasteiger partial charge is 0.0919 e. The topological polar surface area (TPSA) is 9.23 Å². The quantitative estimate of drug-likeness (QED) is 0.569. The van der Waals surface area contributed by atoms with E-state index in [4.69, 9.17) is 4.74 Å². The Morgan fingerprint density at radius 1 is 1.33 bits per heavy atom. The number of allylic oxidation sites excluding steroid dienone is 2. The van der Waals surface area contributed by atoms with Crippen LogP contribution in [-0.4, -0.2) is 6.61 Å². The van der Waals surface area contributed by atoms with Crippen molar-refractivity contribution in [3.05, 3.63) is 11.8 Å². The van der Waals surface area contributed by atoms with Crippen LogP contribution < -0.4 is 0 Å². The third-order valence-electron chi connectivity index (χ3n) is 2.28. The average Bonchev–Trinajstić information content (AvgIpc) is 2.14. The van der Waals surface area contributed by atoms with E-state index < -0.39 is 0 Å². The molecule has 1 aliphatic rings. The second-order valence-corrected chi connectivity index (χ2v) is 3.47. The summed E-state index contributed by atoms with van der Waals surface area (Å²) in [6, 6.07) is 0. The summed E-state index contributed by atoms with van der Waals surface area (Å²) in [6.07, 6.45) is 11.2. The Kier molecular flexibility index (Phi) is 4.89. The average molecular weight is 168 g/mol. The molecule has 1 aliphatic heterocycles. The molecule has 0 atom stereocenters. The molecule has 0 aromatic rings. The lowest BCUT2D eigenvalue weighted by Crippen LogP contribution is -2.00. The lowest BCUT2D eigenvalue weighted by molar-refractivity contribution is 0.182. The van der Waals surface area contributed by atoms with Crippen LogP contribution in [0.3, 0.4) is 0 Å². The minimum Gasteiger partial charge on any atom is -0.498 e. The fraction of sp³-hybridized carbons (Fsp3) is 0.818. The second-order valence-electron chi connectivity index (χ2n) is 3.47. The van der Waals surface area contributed by atoms with Crippen LogP contribution in [0.1, 0.15) is 51.9 Å². The molecule has 0 fully saturated rings. The summed E-state index contributed by atoms with van der Waals surface area (Å²) < 4.78 is 5.52. The Balaban J connectivity index is 2.01. The van der Waals surface area contributed by atoms with Crippen LogP contribution in [0.15, 0.2) is 11.8 Å². The predicted octanol–water partition coefficient (Wildman–Crippen LogP) is 3.65. The van der Waals surface area contributed by atoms with E-state index in [9.17, 15) is 0 Å². The zero-order valence-corrected chi connectivity index (χ0v) is 8.14. The van der Waals surface area contributed by atoms with Crippen molar-refractivity contribution in [2.45, 2.75) is 51.9 Å². The van der Waals surface area contributed by atoms with E-state index in [1.165, 1.54) is 50.7 Å². The molecule has 1 heteroatoms. The molecule has 12 heavy (non-hydrogen) atoms. The molecule has 1 heterocycles. The van der Waals surface area contributed by atoms with Crippen molar-refractivity contribution < 1.29 is 4.74 Å². The van der Waals surface area contributed by atoms with Crippen LogP contribution >= 0.6 is 0 Å². The van der Waals surface area contributed by atoms with Crippen LogP contribution in [0, 0.1) is 0 Å². The maximum atomic E-state index is 5.52. The fourth-order valence-electron chi connectivity index (χ4n) is 1.51. The molecule has 0 aromatic carbocycles.